The Bertz CT molecular complexity index is 500. The monoisotopic (exact) mass is 306 g/mol. The van der Waals surface area contributed by atoms with E-state index in [0.29, 0.717) is 12.5 Å². The topological polar surface area (TPSA) is 84.5 Å². The van der Waals surface area contributed by atoms with E-state index in [1.165, 1.54) is 0 Å². The summed E-state index contributed by atoms with van der Waals surface area (Å²) in [5.41, 5.74) is 0.862. The van der Waals surface area contributed by atoms with E-state index in [1.54, 1.807) is 0 Å². The van der Waals surface area contributed by atoms with E-state index in [4.69, 9.17) is 4.74 Å². The van der Waals surface area contributed by atoms with Gasteiger partial charge in [0, 0.05) is 6.54 Å². The normalized spacial score (nSPS) is 10.1. The van der Waals surface area contributed by atoms with E-state index in [0.717, 1.165) is 5.56 Å². The fourth-order valence-electron chi connectivity index (χ4n) is 1.58. The second kappa shape index (κ2) is 9.55. The lowest BCUT2D eigenvalue weighted by Crippen LogP contribution is -2.35. The molecule has 0 aliphatic carbocycles. The van der Waals surface area contributed by atoms with Crippen molar-refractivity contribution in [3.63, 3.8) is 0 Å². The molecule has 0 aliphatic rings. The molecule has 0 saturated carbocycles. The Balaban J connectivity index is 2.17. The number of hydrogen-bond donors (Lipinski definition) is 2. The zero-order valence-corrected chi connectivity index (χ0v) is 12.9. The molecule has 22 heavy (non-hydrogen) atoms. The van der Waals surface area contributed by atoms with E-state index in [1.807, 2.05) is 44.2 Å². The lowest BCUT2D eigenvalue weighted by Gasteiger charge is -2.09. The van der Waals surface area contributed by atoms with Gasteiger partial charge in [-0.1, -0.05) is 44.2 Å². The molecule has 0 fully saturated rings. The molecule has 120 valence electrons. The van der Waals surface area contributed by atoms with Gasteiger partial charge in [-0.15, -0.1) is 0 Å². The minimum atomic E-state index is -0.638. The van der Waals surface area contributed by atoms with E-state index in [-0.39, 0.29) is 31.4 Å². The van der Waals surface area contributed by atoms with Crippen molar-refractivity contribution in [2.24, 2.45) is 5.92 Å². The van der Waals surface area contributed by atoms with Crippen LogP contribution in [0, 0.1) is 5.92 Å². The summed E-state index contributed by atoms with van der Waals surface area (Å²) in [6, 6.07) is 9.20. The molecule has 1 aromatic carbocycles. The molecule has 0 aliphatic heterocycles. The Morgan fingerprint density at radius 1 is 1.05 bits per heavy atom. The van der Waals surface area contributed by atoms with Gasteiger partial charge in [0.1, 0.15) is 6.54 Å². The zero-order chi connectivity index (χ0) is 16.4. The standard InChI is InChI=1S/C16H22N2O4/c1-12(2)9-17-15(20)11-22-16(21)10-18-14(19)8-13-6-4-3-5-7-13/h3-7,12H,8-11H2,1-2H3,(H,17,20)(H,18,19). The summed E-state index contributed by atoms with van der Waals surface area (Å²) in [5.74, 6) is -0.928. The molecule has 0 bridgehead atoms. The van der Waals surface area contributed by atoms with Gasteiger partial charge in [0.05, 0.1) is 6.42 Å². The van der Waals surface area contributed by atoms with E-state index in [9.17, 15) is 14.4 Å². The Morgan fingerprint density at radius 2 is 1.73 bits per heavy atom. The Kier molecular flexibility index (Phi) is 7.67. The van der Waals surface area contributed by atoms with Crippen LogP contribution in [0.4, 0.5) is 0 Å². The van der Waals surface area contributed by atoms with Gasteiger partial charge in [-0.3, -0.25) is 14.4 Å². The van der Waals surface area contributed by atoms with Crippen LogP contribution in [-0.4, -0.2) is 37.5 Å². The molecular weight excluding hydrogens is 284 g/mol. The predicted octanol–water partition coefficient (Wildman–Crippen LogP) is 0.661. The number of nitrogens with one attached hydrogen (secondary N) is 2. The zero-order valence-electron chi connectivity index (χ0n) is 12.9. The van der Waals surface area contributed by atoms with Crippen LogP contribution >= 0.6 is 0 Å². The molecule has 0 spiro atoms. The summed E-state index contributed by atoms with van der Waals surface area (Å²) in [6.45, 7) is 3.89. The minimum absolute atomic E-state index is 0.197. The van der Waals surface area contributed by atoms with E-state index >= 15 is 0 Å². The fraction of sp³-hybridized carbons (Fsp3) is 0.438. The number of carbonyl (C=O) groups is 3. The van der Waals surface area contributed by atoms with Crippen LogP contribution in [0.5, 0.6) is 0 Å². The SMILES string of the molecule is CC(C)CNC(=O)COC(=O)CNC(=O)Cc1ccccc1. The molecule has 2 N–H and O–H groups in total. The first kappa shape index (κ1) is 17.7. The highest BCUT2D eigenvalue weighted by molar-refractivity contribution is 5.85. The molecule has 0 saturated heterocycles. The van der Waals surface area contributed by atoms with Crippen molar-refractivity contribution in [2.75, 3.05) is 19.7 Å². The van der Waals surface area contributed by atoms with Crippen LogP contribution in [0.3, 0.4) is 0 Å². The van der Waals surface area contributed by atoms with Gasteiger partial charge >= 0.3 is 5.97 Å². The smallest absolute Gasteiger partial charge is 0.325 e. The summed E-state index contributed by atoms with van der Waals surface area (Å²) >= 11 is 0. The third-order valence-corrected chi connectivity index (χ3v) is 2.71. The van der Waals surface area contributed by atoms with Crippen LogP contribution in [0.25, 0.3) is 0 Å². The van der Waals surface area contributed by atoms with Crippen LogP contribution < -0.4 is 10.6 Å². The highest BCUT2D eigenvalue weighted by atomic mass is 16.5. The van der Waals surface area contributed by atoms with Gasteiger partial charge in [-0.2, -0.15) is 0 Å². The molecular formula is C16H22N2O4. The lowest BCUT2D eigenvalue weighted by molar-refractivity contribution is -0.148. The van der Waals surface area contributed by atoms with Crippen LogP contribution in [0.1, 0.15) is 19.4 Å². The molecule has 0 atom stereocenters. The third kappa shape index (κ3) is 8.04. The quantitative estimate of drug-likeness (QED) is 0.691. The molecule has 6 heteroatoms. The van der Waals surface area contributed by atoms with E-state index < -0.39 is 5.97 Å². The lowest BCUT2D eigenvalue weighted by atomic mass is 10.1. The Labute approximate surface area is 130 Å². The number of benzene rings is 1. The average molecular weight is 306 g/mol. The molecule has 0 unspecified atom stereocenters. The maximum absolute atomic E-state index is 11.6. The summed E-state index contributed by atoms with van der Waals surface area (Å²) in [7, 11) is 0. The molecule has 0 heterocycles. The number of ether oxygens (including phenoxy) is 1. The predicted molar refractivity (Wildman–Crippen MR) is 82.0 cm³/mol. The number of amides is 2. The summed E-state index contributed by atoms with van der Waals surface area (Å²) in [4.78, 5) is 34.4. The highest BCUT2D eigenvalue weighted by Gasteiger charge is 2.10. The average Bonchev–Trinajstić information content (AvgIpc) is 2.49. The largest absolute Gasteiger partial charge is 0.454 e. The summed E-state index contributed by atoms with van der Waals surface area (Å²) < 4.78 is 4.77. The number of hydrogen-bond acceptors (Lipinski definition) is 4. The van der Waals surface area contributed by atoms with Crippen molar-refractivity contribution < 1.29 is 19.1 Å². The van der Waals surface area contributed by atoms with Crippen LogP contribution in [-0.2, 0) is 25.5 Å². The van der Waals surface area contributed by atoms with Gasteiger partial charge in [-0.05, 0) is 11.5 Å². The molecule has 2 amide bonds. The van der Waals surface area contributed by atoms with Crippen molar-refractivity contribution in [1.29, 1.82) is 0 Å². The first-order valence-corrected chi connectivity index (χ1v) is 7.20. The third-order valence-electron chi connectivity index (χ3n) is 2.71. The van der Waals surface area contributed by atoms with Crippen molar-refractivity contribution in [2.45, 2.75) is 20.3 Å². The van der Waals surface area contributed by atoms with Crippen molar-refractivity contribution >= 4 is 17.8 Å². The van der Waals surface area contributed by atoms with Gasteiger partial charge in [0.2, 0.25) is 5.91 Å². The van der Waals surface area contributed by atoms with Gasteiger partial charge < -0.3 is 15.4 Å². The second-order valence-electron chi connectivity index (χ2n) is 5.30. The molecule has 1 aromatic rings. The van der Waals surface area contributed by atoms with Gasteiger partial charge in [0.25, 0.3) is 5.91 Å². The van der Waals surface area contributed by atoms with Gasteiger partial charge in [-0.25, -0.2) is 0 Å². The molecule has 1 rings (SSSR count). The molecule has 0 aromatic heterocycles. The maximum atomic E-state index is 11.6. The molecule has 0 radical (unpaired) electrons. The highest BCUT2D eigenvalue weighted by Crippen LogP contribution is 1.98. The van der Waals surface area contributed by atoms with Crippen molar-refractivity contribution in [3.05, 3.63) is 35.9 Å². The van der Waals surface area contributed by atoms with Crippen molar-refractivity contribution in [1.82, 2.24) is 10.6 Å². The Hall–Kier alpha value is -2.37. The number of esters is 1. The van der Waals surface area contributed by atoms with E-state index in [2.05, 4.69) is 10.6 Å². The number of carbonyl (C=O) groups excluding carboxylic acids is 3. The summed E-state index contributed by atoms with van der Waals surface area (Å²) in [6.07, 6.45) is 0.197. The Morgan fingerprint density at radius 3 is 2.36 bits per heavy atom. The number of rotatable bonds is 8. The van der Waals surface area contributed by atoms with Gasteiger partial charge in [0.15, 0.2) is 6.61 Å². The molecule has 6 nitrogen and oxygen atoms in total. The maximum Gasteiger partial charge on any atom is 0.325 e. The first-order valence-electron chi connectivity index (χ1n) is 7.20. The summed E-state index contributed by atoms with van der Waals surface area (Å²) in [5, 5.41) is 5.09. The fourth-order valence-corrected chi connectivity index (χ4v) is 1.58. The second-order valence-corrected chi connectivity index (χ2v) is 5.30. The van der Waals surface area contributed by atoms with Crippen LogP contribution in [0.2, 0.25) is 0 Å². The minimum Gasteiger partial charge on any atom is -0.454 e. The first-order chi connectivity index (χ1) is 10.5. The van der Waals surface area contributed by atoms with Crippen molar-refractivity contribution in [3.8, 4) is 0 Å². The van der Waals surface area contributed by atoms with Crippen LogP contribution in [0.15, 0.2) is 30.3 Å².